The lowest BCUT2D eigenvalue weighted by molar-refractivity contribution is -0.118. The molecular weight excluding hydrogens is 367 g/mol. The van der Waals surface area contributed by atoms with Gasteiger partial charge in [0.1, 0.15) is 11.7 Å². The van der Waals surface area contributed by atoms with Crippen LogP contribution >= 0.6 is 0 Å². The van der Waals surface area contributed by atoms with Crippen LogP contribution in [-0.4, -0.2) is 22.9 Å². The average molecular weight is 394 g/mol. The number of hydrazine groups is 1. The monoisotopic (exact) mass is 394 g/mol. The van der Waals surface area contributed by atoms with Crippen LogP contribution in [0.25, 0.3) is 5.70 Å². The highest BCUT2D eigenvalue weighted by Gasteiger charge is 2.31. The maximum atomic E-state index is 13.0. The number of carbonyl (C=O) groups is 1. The highest BCUT2D eigenvalue weighted by molar-refractivity contribution is 6.05. The summed E-state index contributed by atoms with van der Waals surface area (Å²) >= 11 is 0. The molecule has 2 heterocycles. The second kappa shape index (κ2) is 10.9. The molecule has 29 heavy (non-hydrogen) atoms. The molecule has 6 heteroatoms. The molecule has 1 amide bonds. The smallest absolute Gasteiger partial charge is 0.265 e. The van der Waals surface area contributed by atoms with Gasteiger partial charge in [-0.25, -0.2) is 9.38 Å². The summed E-state index contributed by atoms with van der Waals surface area (Å²) in [5.41, 5.74) is 5.55. The lowest BCUT2D eigenvalue weighted by Gasteiger charge is -2.25. The van der Waals surface area contributed by atoms with E-state index in [0.717, 1.165) is 11.3 Å². The maximum absolute atomic E-state index is 13.0. The van der Waals surface area contributed by atoms with Crippen molar-refractivity contribution in [3.8, 4) is 0 Å². The molecule has 0 spiro atoms. The normalized spacial score (nSPS) is 16.3. The molecule has 2 aromatic rings. The lowest BCUT2D eigenvalue weighted by atomic mass is 10.1. The minimum atomic E-state index is -0.755. The highest BCUT2D eigenvalue weighted by atomic mass is 19.1. The molecule has 2 N–H and O–H groups in total. The number of hydrogen-bond donors (Lipinski definition) is 2. The lowest BCUT2D eigenvalue weighted by Crippen LogP contribution is -2.44. The van der Waals surface area contributed by atoms with Crippen molar-refractivity contribution in [2.45, 2.75) is 33.9 Å². The predicted octanol–water partition coefficient (Wildman–Crippen LogP) is 4.97. The molecule has 1 unspecified atom stereocenters. The Morgan fingerprint density at radius 3 is 2.34 bits per heavy atom. The molecule has 0 bridgehead atoms. The van der Waals surface area contributed by atoms with Gasteiger partial charge in [-0.05, 0) is 42.0 Å². The first-order valence-corrected chi connectivity index (χ1v) is 9.85. The number of hydrogen-bond acceptors (Lipinski definition) is 4. The second-order valence-electron chi connectivity index (χ2n) is 5.63. The zero-order valence-corrected chi connectivity index (χ0v) is 17.2. The number of carbonyl (C=O) groups excluding carboxylic acids is 1. The fourth-order valence-corrected chi connectivity index (χ4v) is 2.71. The Balaban J connectivity index is 0.000000707. The van der Waals surface area contributed by atoms with Gasteiger partial charge >= 0.3 is 0 Å². The van der Waals surface area contributed by atoms with Crippen LogP contribution in [0.4, 0.5) is 10.1 Å². The molecule has 4 rings (SSSR count). The number of rotatable bonds is 3. The van der Waals surface area contributed by atoms with Gasteiger partial charge < -0.3 is 5.32 Å². The Labute approximate surface area is 171 Å². The van der Waals surface area contributed by atoms with E-state index in [1.54, 1.807) is 5.01 Å². The van der Waals surface area contributed by atoms with E-state index in [2.05, 4.69) is 15.7 Å². The number of aliphatic imine (C=N–C) groups is 1. The molecular formula is C23H27FN4O. The Morgan fingerprint density at radius 2 is 1.69 bits per heavy atom. The summed E-state index contributed by atoms with van der Waals surface area (Å²) in [7, 11) is 0. The molecule has 0 fully saturated rings. The van der Waals surface area contributed by atoms with Crippen molar-refractivity contribution in [3.05, 3.63) is 84.2 Å². The van der Waals surface area contributed by atoms with Crippen molar-refractivity contribution in [3.63, 3.8) is 0 Å². The maximum Gasteiger partial charge on any atom is 0.265 e. The van der Waals surface area contributed by atoms with Gasteiger partial charge in [0, 0.05) is 5.69 Å². The number of benzene rings is 2. The van der Waals surface area contributed by atoms with Crippen LogP contribution in [0.5, 0.6) is 0 Å². The summed E-state index contributed by atoms with van der Waals surface area (Å²) in [5, 5.41) is 4.53. The zero-order chi connectivity index (χ0) is 21.2. The van der Waals surface area contributed by atoms with Crippen molar-refractivity contribution >= 4 is 23.1 Å². The Hall–Kier alpha value is -3.25. The number of halogens is 1. The van der Waals surface area contributed by atoms with Crippen LogP contribution < -0.4 is 10.7 Å². The molecule has 0 radical (unpaired) electrons. The summed E-state index contributed by atoms with van der Waals surface area (Å²) in [5.74, 6) is 0.00655. The van der Waals surface area contributed by atoms with Gasteiger partial charge in [-0.15, -0.1) is 0 Å². The second-order valence-corrected chi connectivity index (χ2v) is 5.63. The predicted molar refractivity (Wildman–Crippen MR) is 117 cm³/mol. The fourth-order valence-electron chi connectivity index (χ4n) is 2.71. The summed E-state index contributed by atoms with van der Waals surface area (Å²) in [6.07, 6.45) is 4.95. The van der Waals surface area contributed by atoms with Gasteiger partial charge in [0.2, 0.25) is 0 Å². The standard InChI is InChI=1S/C19H15FN4O.2C2H6/c20-14-9-11-15(12-10-14)21-19(25)18-22-17-8-4-7-16(24(17)23-18)13-5-2-1-3-6-13;2*1-2/h1-12,18,23H,(H,21,25);2*1-2H3. The number of nitrogens with one attached hydrogen (secondary N) is 2. The van der Waals surface area contributed by atoms with E-state index >= 15 is 0 Å². The van der Waals surface area contributed by atoms with E-state index in [0.29, 0.717) is 11.5 Å². The molecule has 5 nitrogen and oxygen atoms in total. The van der Waals surface area contributed by atoms with Gasteiger partial charge in [0.25, 0.3) is 5.91 Å². The van der Waals surface area contributed by atoms with E-state index in [4.69, 9.17) is 0 Å². The van der Waals surface area contributed by atoms with Crippen LogP contribution in [0, 0.1) is 5.82 Å². The van der Waals surface area contributed by atoms with Crippen molar-refractivity contribution in [2.24, 2.45) is 4.99 Å². The van der Waals surface area contributed by atoms with Crippen molar-refractivity contribution in [1.82, 2.24) is 10.4 Å². The SMILES string of the molecule is CC.CC.O=C(Nc1ccc(F)cc1)C1N=C2C=CC=C(c3ccccc3)N2N1. The van der Waals surface area contributed by atoms with Gasteiger partial charge in [-0.2, -0.15) is 5.43 Å². The number of amides is 1. The number of fused-ring (bicyclic) bond motifs is 1. The molecule has 0 aromatic heterocycles. The Morgan fingerprint density at radius 1 is 1.03 bits per heavy atom. The zero-order valence-electron chi connectivity index (χ0n) is 17.2. The molecule has 152 valence electrons. The third-order valence-electron chi connectivity index (χ3n) is 3.91. The van der Waals surface area contributed by atoms with Crippen molar-refractivity contribution < 1.29 is 9.18 Å². The van der Waals surface area contributed by atoms with E-state index in [9.17, 15) is 9.18 Å². The molecule has 0 saturated carbocycles. The van der Waals surface area contributed by atoms with Crippen LogP contribution in [0.1, 0.15) is 33.3 Å². The Bertz CT molecular complexity index is 889. The quantitative estimate of drug-likeness (QED) is 0.773. The molecule has 1 atom stereocenters. The van der Waals surface area contributed by atoms with E-state index in [-0.39, 0.29) is 11.7 Å². The number of amidine groups is 1. The minimum absolute atomic E-state index is 0.311. The number of allylic oxidation sites excluding steroid dienone is 2. The molecule has 2 aliphatic rings. The third kappa shape index (κ3) is 5.39. The average Bonchev–Trinajstić information content (AvgIpc) is 3.23. The molecule has 0 aliphatic carbocycles. The highest BCUT2D eigenvalue weighted by Crippen LogP contribution is 2.25. The van der Waals surface area contributed by atoms with Crippen LogP contribution in [-0.2, 0) is 4.79 Å². The van der Waals surface area contributed by atoms with Crippen molar-refractivity contribution in [1.29, 1.82) is 0 Å². The topological polar surface area (TPSA) is 56.7 Å². The molecule has 0 saturated heterocycles. The summed E-state index contributed by atoms with van der Waals surface area (Å²) in [4.78, 5) is 16.9. The molecule has 2 aromatic carbocycles. The van der Waals surface area contributed by atoms with Gasteiger partial charge in [0.05, 0.1) is 5.70 Å². The fraction of sp³-hybridized carbons (Fsp3) is 0.217. The first kappa shape index (κ1) is 22.0. The van der Waals surface area contributed by atoms with E-state index in [1.165, 1.54) is 24.3 Å². The summed E-state index contributed by atoms with van der Waals surface area (Å²) in [6.45, 7) is 8.00. The molecule has 2 aliphatic heterocycles. The first-order valence-electron chi connectivity index (χ1n) is 9.85. The van der Waals surface area contributed by atoms with Gasteiger partial charge in [-0.3, -0.25) is 9.80 Å². The van der Waals surface area contributed by atoms with Crippen LogP contribution in [0.2, 0.25) is 0 Å². The third-order valence-corrected chi connectivity index (χ3v) is 3.91. The van der Waals surface area contributed by atoms with E-state index < -0.39 is 6.17 Å². The number of nitrogens with zero attached hydrogens (tertiary/aromatic N) is 2. The van der Waals surface area contributed by atoms with Crippen LogP contribution in [0.15, 0.2) is 77.8 Å². The summed E-state index contributed by atoms with van der Waals surface area (Å²) < 4.78 is 13.0. The van der Waals surface area contributed by atoms with E-state index in [1.807, 2.05) is 76.3 Å². The largest absolute Gasteiger partial charge is 0.323 e. The minimum Gasteiger partial charge on any atom is -0.323 e. The Kier molecular flexibility index (Phi) is 8.30. The van der Waals surface area contributed by atoms with Crippen LogP contribution in [0.3, 0.4) is 0 Å². The first-order chi connectivity index (χ1) is 14.2. The van der Waals surface area contributed by atoms with Gasteiger partial charge in [0.15, 0.2) is 6.17 Å². The van der Waals surface area contributed by atoms with Gasteiger partial charge in [-0.1, -0.05) is 64.1 Å². The van der Waals surface area contributed by atoms with Crippen molar-refractivity contribution in [2.75, 3.05) is 5.32 Å². The number of anilines is 1. The summed E-state index contributed by atoms with van der Waals surface area (Å²) in [6, 6.07) is 15.5.